The molecule has 2 heterocycles. The number of ether oxygens (including phenoxy) is 1. The van der Waals surface area contributed by atoms with Crippen molar-refractivity contribution in [3.63, 3.8) is 0 Å². The number of aromatic nitrogens is 1. The van der Waals surface area contributed by atoms with Crippen LogP contribution in [0.2, 0.25) is 0 Å². The van der Waals surface area contributed by atoms with E-state index in [-0.39, 0.29) is 6.04 Å². The van der Waals surface area contributed by atoms with Crippen molar-refractivity contribution in [1.29, 1.82) is 0 Å². The molecule has 1 aliphatic rings. The first-order valence-corrected chi connectivity index (χ1v) is 12.2. The van der Waals surface area contributed by atoms with Gasteiger partial charge in [-0.1, -0.05) is 36.4 Å². The van der Waals surface area contributed by atoms with E-state index in [1.54, 1.807) is 11.8 Å². The van der Waals surface area contributed by atoms with E-state index in [9.17, 15) is 0 Å². The van der Waals surface area contributed by atoms with E-state index >= 15 is 0 Å². The van der Waals surface area contributed by atoms with Gasteiger partial charge in [-0.3, -0.25) is 0 Å². The van der Waals surface area contributed by atoms with Crippen LogP contribution in [0.3, 0.4) is 0 Å². The average molecular weight is 423 g/mol. The van der Waals surface area contributed by atoms with Gasteiger partial charge in [0.25, 0.3) is 0 Å². The van der Waals surface area contributed by atoms with E-state index in [0.717, 1.165) is 29.6 Å². The van der Waals surface area contributed by atoms with Crippen LogP contribution in [0.5, 0.6) is 0 Å². The van der Waals surface area contributed by atoms with Crippen molar-refractivity contribution in [1.82, 2.24) is 4.57 Å². The summed E-state index contributed by atoms with van der Waals surface area (Å²) in [6, 6.07) is 21.7. The number of hydrogen-bond donors (Lipinski definition) is 0. The summed E-state index contributed by atoms with van der Waals surface area (Å²) in [5.74, 6) is 2.78. The van der Waals surface area contributed by atoms with Crippen LogP contribution in [0.15, 0.2) is 76.7 Å². The van der Waals surface area contributed by atoms with Gasteiger partial charge >= 0.3 is 0 Å². The van der Waals surface area contributed by atoms with Gasteiger partial charge in [0, 0.05) is 29.1 Å². The predicted molar refractivity (Wildman–Crippen MR) is 125 cm³/mol. The third kappa shape index (κ3) is 5.09. The number of nitrogens with zero attached hydrogens (tertiary/aromatic N) is 2. The molecule has 150 valence electrons. The molecule has 0 saturated carbocycles. The zero-order valence-electron chi connectivity index (χ0n) is 16.9. The minimum atomic E-state index is 0.225. The van der Waals surface area contributed by atoms with E-state index < -0.39 is 0 Å². The van der Waals surface area contributed by atoms with Crippen LogP contribution in [0.25, 0.3) is 0 Å². The lowest BCUT2D eigenvalue weighted by Gasteiger charge is -2.09. The Morgan fingerprint density at radius 2 is 1.90 bits per heavy atom. The van der Waals surface area contributed by atoms with Gasteiger partial charge in [-0.25, -0.2) is 4.99 Å². The summed E-state index contributed by atoms with van der Waals surface area (Å²) in [5, 5.41) is 0. The highest BCUT2D eigenvalue weighted by Gasteiger charge is 2.22. The molecule has 3 aromatic rings. The first-order valence-electron chi connectivity index (χ1n) is 9.84. The van der Waals surface area contributed by atoms with E-state index in [1.807, 2.05) is 11.8 Å². The van der Waals surface area contributed by atoms with Crippen molar-refractivity contribution < 1.29 is 4.74 Å². The standard InChI is InChI=1S/C24H26N2OS2/c1-18-6-3-4-7-20(18)16-29-17-21-15-27-24(25-21)23-8-5-13-26(23)14-19-9-11-22(28-2)12-10-19/h3-13,21H,14-17H2,1-2H3. The molecule has 29 heavy (non-hydrogen) atoms. The summed E-state index contributed by atoms with van der Waals surface area (Å²) in [6.07, 6.45) is 4.20. The number of aryl methyl sites for hydroxylation is 1. The maximum atomic E-state index is 5.96. The van der Waals surface area contributed by atoms with Gasteiger partial charge < -0.3 is 9.30 Å². The highest BCUT2D eigenvalue weighted by molar-refractivity contribution is 7.98. The van der Waals surface area contributed by atoms with Crippen molar-refractivity contribution >= 4 is 29.4 Å². The van der Waals surface area contributed by atoms with Crippen molar-refractivity contribution in [2.45, 2.75) is 30.2 Å². The summed E-state index contributed by atoms with van der Waals surface area (Å²) in [7, 11) is 0. The minimum absolute atomic E-state index is 0.225. The molecular formula is C24H26N2OS2. The van der Waals surface area contributed by atoms with Crippen molar-refractivity contribution in [2.75, 3.05) is 18.6 Å². The molecule has 1 unspecified atom stereocenters. The number of aliphatic imine (C=N–C) groups is 1. The number of benzene rings is 2. The summed E-state index contributed by atoms with van der Waals surface area (Å²) < 4.78 is 8.18. The van der Waals surface area contributed by atoms with E-state index in [4.69, 9.17) is 9.73 Å². The van der Waals surface area contributed by atoms with Gasteiger partial charge in [-0.05, 0) is 54.1 Å². The van der Waals surface area contributed by atoms with E-state index in [1.165, 1.54) is 21.6 Å². The molecule has 1 atom stereocenters. The number of hydrogen-bond acceptors (Lipinski definition) is 4. The molecule has 0 amide bonds. The fraction of sp³-hybridized carbons (Fsp3) is 0.292. The largest absolute Gasteiger partial charge is 0.474 e. The van der Waals surface area contributed by atoms with Gasteiger partial charge in [-0.15, -0.1) is 11.8 Å². The molecule has 0 spiro atoms. The molecule has 0 radical (unpaired) electrons. The lowest BCUT2D eigenvalue weighted by Crippen LogP contribution is -2.11. The summed E-state index contributed by atoms with van der Waals surface area (Å²) in [6.45, 7) is 3.67. The van der Waals surface area contributed by atoms with Crippen molar-refractivity contribution in [2.24, 2.45) is 4.99 Å². The Balaban J connectivity index is 1.37. The molecule has 0 aliphatic carbocycles. The Hall–Kier alpha value is -2.11. The predicted octanol–water partition coefficient (Wildman–Crippen LogP) is 5.65. The van der Waals surface area contributed by atoms with Crippen LogP contribution < -0.4 is 0 Å². The fourth-order valence-electron chi connectivity index (χ4n) is 3.39. The molecule has 4 rings (SSSR count). The maximum absolute atomic E-state index is 5.96. The van der Waals surface area contributed by atoms with Gasteiger partial charge in [0.1, 0.15) is 12.3 Å². The Morgan fingerprint density at radius 3 is 2.69 bits per heavy atom. The smallest absolute Gasteiger partial charge is 0.233 e. The van der Waals surface area contributed by atoms with Gasteiger partial charge in [0.05, 0.1) is 6.04 Å². The molecule has 1 aliphatic heterocycles. The van der Waals surface area contributed by atoms with Crippen LogP contribution in [-0.4, -0.2) is 35.1 Å². The second-order valence-corrected chi connectivity index (χ2v) is 9.12. The zero-order valence-corrected chi connectivity index (χ0v) is 18.5. The van der Waals surface area contributed by atoms with Crippen molar-refractivity contribution in [3.8, 4) is 0 Å². The Labute approximate surface area is 181 Å². The van der Waals surface area contributed by atoms with Crippen LogP contribution in [0.4, 0.5) is 0 Å². The topological polar surface area (TPSA) is 26.5 Å². The number of thioether (sulfide) groups is 2. The van der Waals surface area contributed by atoms with Crippen molar-refractivity contribution in [3.05, 3.63) is 89.2 Å². The molecule has 0 fully saturated rings. The average Bonchev–Trinajstić information content (AvgIpc) is 3.39. The Kier molecular flexibility index (Phi) is 6.67. The molecule has 2 aromatic carbocycles. The molecule has 1 aromatic heterocycles. The summed E-state index contributed by atoms with van der Waals surface area (Å²) >= 11 is 3.70. The van der Waals surface area contributed by atoms with Gasteiger partial charge in [-0.2, -0.15) is 11.8 Å². The van der Waals surface area contributed by atoms with Crippen LogP contribution >= 0.6 is 23.5 Å². The quantitative estimate of drug-likeness (QED) is 0.439. The highest BCUT2D eigenvalue weighted by Crippen LogP contribution is 2.21. The molecule has 5 heteroatoms. The van der Waals surface area contributed by atoms with Crippen LogP contribution in [-0.2, 0) is 17.0 Å². The fourth-order valence-corrected chi connectivity index (χ4v) is 4.90. The normalized spacial score (nSPS) is 15.9. The lowest BCUT2D eigenvalue weighted by molar-refractivity contribution is 0.323. The minimum Gasteiger partial charge on any atom is -0.474 e. The zero-order chi connectivity index (χ0) is 20.1. The molecular weight excluding hydrogens is 396 g/mol. The van der Waals surface area contributed by atoms with Gasteiger partial charge in [0.15, 0.2) is 0 Å². The highest BCUT2D eigenvalue weighted by atomic mass is 32.2. The summed E-state index contributed by atoms with van der Waals surface area (Å²) in [5.41, 5.74) is 5.10. The maximum Gasteiger partial charge on any atom is 0.233 e. The SMILES string of the molecule is CSc1ccc(Cn2cccc2C2=NC(CSCc3ccccc3C)CO2)cc1. The molecule has 0 saturated heterocycles. The van der Waals surface area contributed by atoms with Crippen LogP contribution in [0.1, 0.15) is 22.4 Å². The Morgan fingerprint density at radius 1 is 1.07 bits per heavy atom. The molecule has 0 N–H and O–H groups in total. The van der Waals surface area contributed by atoms with E-state index in [2.05, 4.69) is 84.6 Å². The lowest BCUT2D eigenvalue weighted by atomic mass is 10.1. The second-order valence-electron chi connectivity index (χ2n) is 7.21. The van der Waals surface area contributed by atoms with Crippen LogP contribution in [0, 0.1) is 6.92 Å². The molecule has 0 bridgehead atoms. The Bertz CT molecular complexity index is 979. The van der Waals surface area contributed by atoms with E-state index in [0.29, 0.717) is 6.61 Å². The second kappa shape index (κ2) is 9.59. The number of rotatable bonds is 8. The first kappa shape index (κ1) is 20.2. The summed E-state index contributed by atoms with van der Waals surface area (Å²) in [4.78, 5) is 6.15. The first-order chi connectivity index (χ1) is 14.2. The van der Waals surface area contributed by atoms with Gasteiger partial charge in [0.2, 0.25) is 5.90 Å². The third-order valence-electron chi connectivity index (χ3n) is 5.10. The monoisotopic (exact) mass is 422 g/mol. The molecule has 3 nitrogen and oxygen atoms in total. The third-order valence-corrected chi connectivity index (χ3v) is 6.98.